The highest BCUT2D eigenvalue weighted by molar-refractivity contribution is 5.73. The van der Waals surface area contributed by atoms with Gasteiger partial charge in [-0.05, 0) is 6.42 Å². The number of rotatable bonds is 12. The van der Waals surface area contributed by atoms with Crippen LogP contribution >= 0.6 is 0 Å². The Labute approximate surface area is 121 Å². The summed E-state index contributed by atoms with van der Waals surface area (Å²) in [7, 11) is 0. The quantitative estimate of drug-likeness (QED) is 0.578. The first-order valence-electron chi connectivity index (χ1n) is 7.77. The molecule has 0 aliphatic carbocycles. The van der Waals surface area contributed by atoms with Crippen LogP contribution in [0.1, 0.15) is 58.3 Å². The minimum absolute atomic E-state index is 0.138. The van der Waals surface area contributed by atoms with Crippen LogP contribution in [0.5, 0.6) is 0 Å². The molecule has 0 fully saturated rings. The number of hydrogen-bond donors (Lipinski definition) is 2. The van der Waals surface area contributed by atoms with Gasteiger partial charge in [0.2, 0.25) is 5.91 Å². The number of nitrogens with zero attached hydrogens (tertiary/aromatic N) is 2. The highest BCUT2D eigenvalue weighted by Gasteiger charge is 2.00. The maximum atomic E-state index is 10.7. The van der Waals surface area contributed by atoms with Crippen LogP contribution in [0.25, 0.3) is 0 Å². The molecule has 1 aromatic rings. The van der Waals surface area contributed by atoms with Gasteiger partial charge in [0.05, 0.1) is 11.9 Å². The standard InChI is InChI=1S/C15H28N4O/c1-2-3-4-5-6-7-8-9-10-17-14-11-18-19(12-14)13-15(16)20/h11-12,17H,2-10,13H2,1H3,(H2,16,20). The predicted octanol–water partition coefficient (Wildman–Crippen LogP) is 2.92. The lowest BCUT2D eigenvalue weighted by Crippen LogP contribution is -2.18. The molecule has 0 aromatic carbocycles. The second-order valence-electron chi connectivity index (χ2n) is 5.29. The number of carbonyl (C=O) groups excluding carboxylic acids is 1. The van der Waals surface area contributed by atoms with Crippen molar-refractivity contribution in [1.29, 1.82) is 0 Å². The molecule has 0 aliphatic heterocycles. The van der Waals surface area contributed by atoms with Crippen molar-refractivity contribution >= 4 is 11.6 Å². The minimum atomic E-state index is -0.372. The third-order valence-electron chi connectivity index (χ3n) is 3.31. The number of nitrogens with two attached hydrogens (primary N) is 1. The fraction of sp³-hybridized carbons (Fsp3) is 0.733. The summed E-state index contributed by atoms with van der Waals surface area (Å²) < 4.78 is 1.55. The second-order valence-corrected chi connectivity index (χ2v) is 5.29. The molecule has 5 heteroatoms. The molecule has 0 radical (unpaired) electrons. The zero-order valence-electron chi connectivity index (χ0n) is 12.6. The number of aromatic nitrogens is 2. The van der Waals surface area contributed by atoms with Gasteiger partial charge in [-0.1, -0.05) is 51.9 Å². The van der Waals surface area contributed by atoms with Crippen LogP contribution < -0.4 is 11.1 Å². The summed E-state index contributed by atoms with van der Waals surface area (Å²) in [6.45, 7) is 3.34. The summed E-state index contributed by atoms with van der Waals surface area (Å²) in [4.78, 5) is 10.7. The Hall–Kier alpha value is -1.52. The molecule has 1 rings (SSSR count). The van der Waals surface area contributed by atoms with Gasteiger partial charge < -0.3 is 11.1 Å². The third-order valence-corrected chi connectivity index (χ3v) is 3.31. The van der Waals surface area contributed by atoms with Gasteiger partial charge in [0.25, 0.3) is 0 Å². The maximum Gasteiger partial charge on any atom is 0.239 e. The number of nitrogens with one attached hydrogen (secondary N) is 1. The van der Waals surface area contributed by atoms with Crippen LogP contribution in [-0.2, 0) is 11.3 Å². The van der Waals surface area contributed by atoms with E-state index in [0.29, 0.717) is 0 Å². The lowest BCUT2D eigenvalue weighted by Gasteiger charge is -2.03. The Bertz CT molecular complexity index is 376. The second kappa shape index (κ2) is 10.3. The van der Waals surface area contributed by atoms with Gasteiger partial charge in [0, 0.05) is 12.7 Å². The van der Waals surface area contributed by atoms with E-state index >= 15 is 0 Å². The van der Waals surface area contributed by atoms with Crippen molar-refractivity contribution in [3.8, 4) is 0 Å². The van der Waals surface area contributed by atoms with Crippen molar-refractivity contribution in [3.05, 3.63) is 12.4 Å². The van der Waals surface area contributed by atoms with Crippen LogP contribution in [0.3, 0.4) is 0 Å². The lowest BCUT2D eigenvalue weighted by atomic mass is 10.1. The Morgan fingerprint density at radius 1 is 1.20 bits per heavy atom. The van der Waals surface area contributed by atoms with E-state index in [1.165, 1.54) is 51.4 Å². The van der Waals surface area contributed by atoms with Crippen LogP contribution in [0.15, 0.2) is 12.4 Å². The molecular formula is C15H28N4O. The summed E-state index contributed by atoms with van der Waals surface area (Å²) in [5, 5.41) is 7.38. The molecule has 0 saturated heterocycles. The number of anilines is 1. The molecule has 0 unspecified atom stereocenters. The molecule has 114 valence electrons. The number of carbonyl (C=O) groups is 1. The topological polar surface area (TPSA) is 72.9 Å². The van der Waals surface area contributed by atoms with E-state index in [9.17, 15) is 4.79 Å². The Balaban J connectivity index is 1.98. The maximum absolute atomic E-state index is 10.7. The number of unbranched alkanes of at least 4 members (excludes halogenated alkanes) is 7. The Morgan fingerprint density at radius 3 is 2.50 bits per heavy atom. The zero-order valence-corrected chi connectivity index (χ0v) is 12.6. The van der Waals surface area contributed by atoms with Crippen LogP contribution in [0, 0.1) is 0 Å². The molecular weight excluding hydrogens is 252 g/mol. The summed E-state index contributed by atoms with van der Waals surface area (Å²) in [6, 6.07) is 0. The molecule has 1 aromatic heterocycles. The number of primary amides is 1. The minimum Gasteiger partial charge on any atom is -0.383 e. The third kappa shape index (κ3) is 7.81. The summed E-state index contributed by atoms with van der Waals surface area (Å²) >= 11 is 0. The summed E-state index contributed by atoms with van der Waals surface area (Å²) in [5.74, 6) is -0.372. The Morgan fingerprint density at radius 2 is 1.85 bits per heavy atom. The van der Waals surface area contributed by atoms with E-state index < -0.39 is 0 Å². The molecule has 0 saturated carbocycles. The van der Waals surface area contributed by atoms with Crippen molar-refractivity contribution in [2.75, 3.05) is 11.9 Å². The van der Waals surface area contributed by atoms with Crippen molar-refractivity contribution in [2.45, 2.75) is 64.8 Å². The van der Waals surface area contributed by atoms with Gasteiger partial charge >= 0.3 is 0 Å². The van der Waals surface area contributed by atoms with E-state index in [2.05, 4.69) is 17.3 Å². The fourth-order valence-electron chi connectivity index (χ4n) is 2.19. The van der Waals surface area contributed by atoms with Gasteiger partial charge in [-0.2, -0.15) is 5.10 Å². The van der Waals surface area contributed by atoms with E-state index in [4.69, 9.17) is 5.73 Å². The van der Waals surface area contributed by atoms with E-state index in [1.54, 1.807) is 10.9 Å². The fourth-order valence-corrected chi connectivity index (χ4v) is 2.19. The van der Waals surface area contributed by atoms with Gasteiger partial charge in [-0.3, -0.25) is 9.48 Å². The first-order chi connectivity index (χ1) is 9.72. The van der Waals surface area contributed by atoms with E-state index in [0.717, 1.165) is 12.2 Å². The van der Waals surface area contributed by atoms with Crippen molar-refractivity contribution in [1.82, 2.24) is 9.78 Å². The van der Waals surface area contributed by atoms with E-state index in [-0.39, 0.29) is 12.5 Å². The molecule has 0 bridgehead atoms. The van der Waals surface area contributed by atoms with Crippen LogP contribution in [0.4, 0.5) is 5.69 Å². The molecule has 3 N–H and O–H groups in total. The lowest BCUT2D eigenvalue weighted by molar-refractivity contribution is -0.118. The number of hydrogen-bond acceptors (Lipinski definition) is 3. The summed E-state index contributed by atoms with van der Waals surface area (Å²) in [5.41, 5.74) is 6.07. The number of amides is 1. The first-order valence-corrected chi connectivity index (χ1v) is 7.77. The van der Waals surface area contributed by atoms with Gasteiger partial charge in [0.15, 0.2) is 0 Å². The zero-order chi connectivity index (χ0) is 14.6. The normalized spacial score (nSPS) is 10.7. The van der Waals surface area contributed by atoms with E-state index in [1.807, 2.05) is 6.20 Å². The molecule has 1 heterocycles. The SMILES string of the molecule is CCCCCCCCCCNc1cnn(CC(N)=O)c1. The smallest absolute Gasteiger partial charge is 0.239 e. The van der Waals surface area contributed by atoms with Gasteiger partial charge in [-0.15, -0.1) is 0 Å². The molecule has 20 heavy (non-hydrogen) atoms. The van der Waals surface area contributed by atoms with Crippen molar-refractivity contribution in [2.24, 2.45) is 5.73 Å². The first kappa shape index (κ1) is 16.5. The molecule has 0 spiro atoms. The summed E-state index contributed by atoms with van der Waals surface area (Å²) in [6.07, 6.45) is 14.1. The highest BCUT2D eigenvalue weighted by Crippen LogP contribution is 2.09. The Kier molecular flexibility index (Phi) is 8.51. The largest absolute Gasteiger partial charge is 0.383 e. The van der Waals surface area contributed by atoms with Crippen LogP contribution in [-0.4, -0.2) is 22.2 Å². The average molecular weight is 280 g/mol. The highest BCUT2D eigenvalue weighted by atomic mass is 16.1. The van der Waals surface area contributed by atoms with Crippen molar-refractivity contribution < 1.29 is 4.79 Å². The van der Waals surface area contributed by atoms with Crippen molar-refractivity contribution in [3.63, 3.8) is 0 Å². The van der Waals surface area contributed by atoms with Gasteiger partial charge in [-0.25, -0.2) is 0 Å². The predicted molar refractivity (Wildman–Crippen MR) is 82.5 cm³/mol. The molecule has 0 aliphatic rings. The van der Waals surface area contributed by atoms with Gasteiger partial charge in [0.1, 0.15) is 6.54 Å². The van der Waals surface area contributed by atoms with Crippen LogP contribution in [0.2, 0.25) is 0 Å². The molecule has 5 nitrogen and oxygen atoms in total. The average Bonchev–Trinajstić information content (AvgIpc) is 2.83. The monoisotopic (exact) mass is 280 g/mol. The molecule has 0 atom stereocenters. The molecule has 1 amide bonds.